The van der Waals surface area contributed by atoms with Gasteiger partial charge in [0.2, 0.25) is 0 Å². The van der Waals surface area contributed by atoms with E-state index in [1.807, 2.05) is 30.3 Å². The Hall–Kier alpha value is -2.60. The molecule has 1 fully saturated rings. The van der Waals surface area contributed by atoms with Crippen molar-refractivity contribution < 1.29 is 18.4 Å². The predicted molar refractivity (Wildman–Crippen MR) is 84.7 cm³/mol. The molecule has 24 heavy (non-hydrogen) atoms. The standard InChI is InChI=1S/C18H15F2NO3/c19-18(20)16(8-4-7-13-5-2-1-3-6-13)17(24-18)14-9-11-15(12-10-14)21(22)23/h1-3,5-6,8-12,17H,4,7H2/b16-8+. The van der Waals surface area contributed by atoms with Crippen molar-refractivity contribution in [3.8, 4) is 0 Å². The van der Waals surface area contributed by atoms with Gasteiger partial charge in [-0.15, -0.1) is 0 Å². The molecule has 0 N–H and O–H groups in total. The summed E-state index contributed by atoms with van der Waals surface area (Å²) < 4.78 is 32.0. The van der Waals surface area contributed by atoms with Crippen molar-refractivity contribution >= 4 is 5.69 Å². The van der Waals surface area contributed by atoms with Crippen LogP contribution in [0.2, 0.25) is 0 Å². The number of alkyl halides is 2. The highest BCUT2D eigenvalue weighted by Crippen LogP contribution is 2.50. The van der Waals surface area contributed by atoms with Gasteiger partial charge in [-0.2, -0.15) is 8.78 Å². The van der Waals surface area contributed by atoms with Crippen LogP contribution in [0.1, 0.15) is 23.7 Å². The third-order valence-electron chi connectivity index (χ3n) is 3.93. The number of allylic oxidation sites excluding steroid dienone is 1. The maximum absolute atomic E-state index is 13.7. The number of rotatable bonds is 5. The fraction of sp³-hybridized carbons (Fsp3) is 0.222. The van der Waals surface area contributed by atoms with Crippen molar-refractivity contribution in [2.24, 2.45) is 0 Å². The number of nitro benzene ring substituents is 1. The summed E-state index contributed by atoms with van der Waals surface area (Å²) in [5.41, 5.74) is 1.38. The summed E-state index contributed by atoms with van der Waals surface area (Å²) in [6.45, 7) is 0. The molecule has 0 radical (unpaired) electrons. The Morgan fingerprint density at radius 2 is 1.79 bits per heavy atom. The predicted octanol–water partition coefficient (Wildman–Crippen LogP) is 4.82. The molecular weight excluding hydrogens is 316 g/mol. The zero-order chi connectivity index (χ0) is 17.2. The maximum Gasteiger partial charge on any atom is 0.383 e. The first-order chi connectivity index (χ1) is 11.5. The van der Waals surface area contributed by atoms with Crippen LogP contribution < -0.4 is 0 Å². The average molecular weight is 331 g/mol. The summed E-state index contributed by atoms with van der Waals surface area (Å²) in [5.74, 6) is 0. The number of hydrogen-bond acceptors (Lipinski definition) is 3. The van der Waals surface area contributed by atoms with Crippen LogP contribution in [0, 0.1) is 10.1 Å². The van der Waals surface area contributed by atoms with Crippen molar-refractivity contribution in [3.63, 3.8) is 0 Å². The number of nitro groups is 1. The van der Waals surface area contributed by atoms with E-state index in [2.05, 4.69) is 4.74 Å². The molecular formula is C18H15F2NO3. The highest BCUT2D eigenvalue weighted by atomic mass is 19.3. The monoisotopic (exact) mass is 331 g/mol. The number of nitrogens with zero attached hydrogens (tertiary/aromatic N) is 1. The van der Waals surface area contributed by atoms with Gasteiger partial charge in [0.15, 0.2) is 0 Å². The molecule has 1 unspecified atom stereocenters. The van der Waals surface area contributed by atoms with Crippen LogP contribution in [-0.2, 0) is 11.2 Å². The van der Waals surface area contributed by atoms with Crippen LogP contribution >= 0.6 is 0 Å². The van der Waals surface area contributed by atoms with Gasteiger partial charge in [0.05, 0.1) is 10.5 Å². The molecule has 1 aliphatic heterocycles. The molecule has 1 atom stereocenters. The summed E-state index contributed by atoms with van der Waals surface area (Å²) in [7, 11) is 0. The van der Waals surface area contributed by atoms with Gasteiger partial charge in [0.25, 0.3) is 5.69 Å². The molecule has 1 aliphatic rings. The van der Waals surface area contributed by atoms with Gasteiger partial charge in [-0.25, -0.2) is 0 Å². The molecule has 2 aromatic rings. The lowest BCUT2D eigenvalue weighted by Crippen LogP contribution is -2.41. The van der Waals surface area contributed by atoms with Gasteiger partial charge < -0.3 is 4.74 Å². The Kier molecular flexibility index (Phi) is 4.40. The fourth-order valence-electron chi connectivity index (χ4n) is 2.66. The summed E-state index contributed by atoms with van der Waals surface area (Å²) in [6.07, 6.45) is -1.49. The van der Waals surface area contributed by atoms with E-state index >= 15 is 0 Å². The van der Waals surface area contributed by atoms with Crippen molar-refractivity contribution in [3.05, 3.63) is 87.5 Å². The van der Waals surface area contributed by atoms with Crippen LogP contribution in [0.5, 0.6) is 0 Å². The maximum atomic E-state index is 13.7. The molecule has 124 valence electrons. The largest absolute Gasteiger partial charge is 0.383 e. The van der Waals surface area contributed by atoms with E-state index in [-0.39, 0.29) is 11.3 Å². The minimum Gasteiger partial charge on any atom is -0.304 e. The topological polar surface area (TPSA) is 52.4 Å². The van der Waals surface area contributed by atoms with Gasteiger partial charge >= 0.3 is 6.11 Å². The summed E-state index contributed by atoms with van der Waals surface area (Å²) in [4.78, 5) is 10.1. The van der Waals surface area contributed by atoms with Crippen LogP contribution in [0.25, 0.3) is 0 Å². The van der Waals surface area contributed by atoms with Gasteiger partial charge in [0.1, 0.15) is 6.10 Å². The molecule has 0 aliphatic carbocycles. The molecule has 4 nitrogen and oxygen atoms in total. The molecule has 3 rings (SSSR count). The third-order valence-corrected chi connectivity index (χ3v) is 3.93. The van der Waals surface area contributed by atoms with Crippen LogP contribution in [-0.4, -0.2) is 11.0 Å². The lowest BCUT2D eigenvalue weighted by atomic mass is 9.93. The lowest BCUT2D eigenvalue weighted by molar-refractivity contribution is -0.384. The number of non-ortho nitro benzene ring substituents is 1. The lowest BCUT2D eigenvalue weighted by Gasteiger charge is -2.38. The number of benzene rings is 2. The van der Waals surface area contributed by atoms with Crippen molar-refractivity contribution in [2.45, 2.75) is 25.1 Å². The number of hydrogen-bond donors (Lipinski definition) is 0. The first-order valence-corrected chi connectivity index (χ1v) is 7.52. The summed E-state index contributed by atoms with van der Waals surface area (Å²) in [5, 5.41) is 10.7. The van der Waals surface area contributed by atoms with E-state index in [0.717, 1.165) is 5.56 Å². The second-order valence-corrected chi connectivity index (χ2v) is 5.55. The van der Waals surface area contributed by atoms with E-state index in [0.29, 0.717) is 18.4 Å². The van der Waals surface area contributed by atoms with E-state index in [9.17, 15) is 18.9 Å². The normalized spacial score (nSPS) is 20.6. The Morgan fingerprint density at radius 1 is 1.12 bits per heavy atom. The second-order valence-electron chi connectivity index (χ2n) is 5.55. The van der Waals surface area contributed by atoms with E-state index in [4.69, 9.17) is 0 Å². The zero-order valence-corrected chi connectivity index (χ0v) is 12.7. The Balaban J connectivity index is 1.72. The Morgan fingerprint density at radius 3 is 2.38 bits per heavy atom. The van der Waals surface area contributed by atoms with Gasteiger partial charge in [-0.05, 0) is 36.1 Å². The molecule has 0 spiro atoms. The molecule has 2 aromatic carbocycles. The molecule has 6 heteroatoms. The number of aryl methyl sites for hydroxylation is 1. The SMILES string of the molecule is O=[N+]([O-])c1ccc(C2OC(F)(F)/C2=C/CCc2ccccc2)cc1. The first-order valence-electron chi connectivity index (χ1n) is 7.52. The van der Waals surface area contributed by atoms with Crippen LogP contribution in [0.3, 0.4) is 0 Å². The third kappa shape index (κ3) is 3.33. The smallest absolute Gasteiger partial charge is 0.304 e. The van der Waals surface area contributed by atoms with Gasteiger partial charge in [-0.1, -0.05) is 36.4 Å². The summed E-state index contributed by atoms with van der Waals surface area (Å²) >= 11 is 0. The Bertz CT molecular complexity index is 758. The van der Waals surface area contributed by atoms with E-state index < -0.39 is 17.1 Å². The highest BCUT2D eigenvalue weighted by molar-refractivity contribution is 5.39. The fourth-order valence-corrected chi connectivity index (χ4v) is 2.66. The second kappa shape index (κ2) is 6.49. The summed E-state index contributed by atoms with van der Waals surface area (Å²) in [6, 6.07) is 15.1. The minimum absolute atomic E-state index is 0.0839. The van der Waals surface area contributed by atoms with Gasteiger partial charge in [-0.3, -0.25) is 10.1 Å². The minimum atomic E-state index is -3.27. The van der Waals surface area contributed by atoms with E-state index in [1.54, 1.807) is 0 Å². The average Bonchev–Trinajstić information content (AvgIpc) is 2.58. The molecule has 1 heterocycles. The molecule has 1 saturated heterocycles. The van der Waals surface area contributed by atoms with Crippen LogP contribution in [0.15, 0.2) is 66.2 Å². The number of ether oxygens (including phenoxy) is 1. The highest BCUT2D eigenvalue weighted by Gasteiger charge is 2.53. The van der Waals surface area contributed by atoms with E-state index in [1.165, 1.54) is 30.3 Å². The van der Waals surface area contributed by atoms with Crippen LogP contribution in [0.4, 0.5) is 14.5 Å². The van der Waals surface area contributed by atoms with Crippen molar-refractivity contribution in [2.75, 3.05) is 0 Å². The number of halogens is 2. The zero-order valence-electron chi connectivity index (χ0n) is 12.7. The molecule has 0 amide bonds. The quantitative estimate of drug-likeness (QED) is 0.448. The van der Waals surface area contributed by atoms with Crippen molar-refractivity contribution in [1.82, 2.24) is 0 Å². The first kappa shape index (κ1) is 16.3. The molecule has 0 aromatic heterocycles. The molecule has 0 bridgehead atoms. The molecule has 0 saturated carbocycles. The Labute approximate surface area is 137 Å². The van der Waals surface area contributed by atoms with Gasteiger partial charge in [0, 0.05) is 12.1 Å². The van der Waals surface area contributed by atoms with Crippen molar-refractivity contribution in [1.29, 1.82) is 0 Å².